The van der Waals surface area contributed by atoms with E-state index in [0.717, 1.165) is 10.7 Å². The van der Waals surface area contributed by atoms with Gasteiger partial charge in [-0.1, -0.05) is 19.0 Å². The molecule has 1 N–H and O–H groups in total. The Bertz CT molecular complexity index is 604. The van der Waals surface area contributed by atoms with Crippen LogP contribution in [0.25, 0.3) is 0 Å². The minimum Gasteiger partial charge on any atom is -0.481 e. The van der Waals surface area contributed by atoms with Gasteiger partial charge in [0, 0.05) is 17.5 Å². The van der Waals surface area contributed by atoms with Gasteiger partial charge in [-0.25, -0.2) is 4.98 Å². The molecule has 0 bridgehead atoms. The van der Waals surface area contributed by atoms with Crippen molar-refractivity contribution < 1.29 is 14.4 Å². The molecule has 2 aromatic rings. The third kappa shape index (κ3) is 4.12. The first-order valence-electron chi connectivity index (χ1n) is 6.28. The Labute approximate surface area is 120 Å². The van der Waals surface area contributed by atoms with Gasteiger partial charge < -0.3 is 9.63 Å². The number of nitrogens with zero attached hydrogens (tertiary/aromatic N) is 3. The summed E-state index contributed by atoms with van der Waals surface area (Å²) in [7, 11) is 0. The number of hydrogen-bond acceptors (Lipinski definition) is 6. The molecule has 0 aromatic carbocycles. The molecule has 0 saturated heterocycles. The van der Waals surface area contributed by atoms with Crippen LogP contribution >= 0.6 is 11.3 Å². The van der Waals surface area contributed by atoms with E-state index in [9.17, 15) is 4.79 Å². The summed E-state index contributed by atoms with van der Waals surface area (Å²) < 4.78 is 5.18. The van der Waals surface area contributed by atoms with E-state index in [4.69, 9.17) is 9.63 Å². The highest BCUT2D eigenvalue weighted by Crippen LogP contribution is 2.25. The number of carboxylic acid groups (broad SMARTS) is 1. The zero-order valence-electron chi connectivity index (χ0n) is 11.7. The zero-order valence-corrected chi connectivity index (χ0v) is 12.5. The summed E-state index contributed by atoms with van der Waals surface area (Å²) in [6.07, 6.45) is 1.06. The van der Waals surface area contributed by atoms with Gasteiger partial charge in [-0.05, 0) is 12.3 Å². The molecule has 0 atom stereocenters. The third-order valence-electron chi connectivity index (χ3n) is 2.75. The lowest BCUT2D eigenvalue weighted by molar-refractivity contribution is -0.139. The highest BCUT2D eigenvalue weighted by molar-refractivity contribution is 7.09. The van der Waals surface area contributed by atoms with Crippen molar-refractivity contribution in [3.05, 3.63) is 27.8 Å². The molecule has 0 aliphatic carbocycles. The van der Waals surface area contributed by atoms with E-state index in [0.29, 0.717) is 24.6 Å². The van der Waals surface area contributed by atoms with E-state index in [-0.39, 0.29) is 6.42 Å². The van der Waals surface area contributed by atoms with E-state index in [2.05, 4.69) is 15.1 Å². The van der Waals surface area contributed by atoms with Crippen molar-refractivity contribution in [2.45, 2.75) is 40.0 Å². The Morgan fingerprint density at radius 1 is 1.45 bits per heavy atom. The maximum absolute atomic E-state index is 10.8. The van der Waals surface area contributed by atoms with E-state index in [1.165, 1.54) is 0 Å². The highest BCUT2D eigenvalue weighted by Gasteiger charge is 2.25. The van der Waals surface area contributed by atoms with Crippen molar-refractivity contribution in [1.29, 1.82) is 0 Å². The Morgan fingerprint density at radius 3 is 2.80 bits per heavy atom. The molecular weight excluding hydrogens is 278 g/mol. The molecule has 2 aromatic heterocycles. The van der Waals surface area contributed by atoms with E-state index in [1.807, 2.05) is 26.2 Å². The summed E-state index contributed by atoms with van der Waals surface area (Å²) >= 11 is 1.56. The summed E-state index contributed by atoms with van der Waals surface area (Å²) in [5.74, 6) is 0.230. The van der Waals surface area contributed by atoms with Crippen LogP contribution in [0, 0.1) is 12.3 Å². The summed E-state index contributed by atoms with van der Waals surface area (Å²) in [5, 5.41) is 15.7. The molecule has 2 heterocycles. The molecule has 6 nitrogen and oxygen atoms in total. The van der Waals surface area contributed by atoms with Crippen molar-refractivity contribution in [2.24, 2.45) is 5.41 Å². The Morgan fingerprint density at radius 2 is 2.20 bits per heavy atom. The number of aromatic nitrogens is 3. The number of hydrogen-bond donors (Lipinski definition) is 1. The number of aliphatic carboxylic acids is 1. The second kappa shape index (κ2) is 5.70. The van der Waals surface area contributed by atoms with Gasteiger partial charge in [-0.3, -0.25) is 4.79 Å². The van der Waals surface area contributed by atoms with Gasteiger partial charge >= 0.3 is 5.97 Å². The molecule has 7 heteroatoms. The SMILES string of the molecule is Cc1csc(Cc2noc(CC(C)(C)CC(=O)O)n2)n1. The Hall–Kier alpha value is -1.76. The monoisotopic (exact) mass is 295 g/mol. The highest BCUT2D eigenvalue weighted by atomic mass is 32.1. The minimum absolute atomic E-state index is 0.0659. The summed E-state index contributed by atoms with van der Waals surface area (Å²) in [6, 6.07) is 0. The lowest BCUT2D eigenvalue weighted by atomic mass is 9.86. The molecule has 0 amide bonds. The maximum Gasteiger partial charge on any atom is 0.303 e. The number of carbonyl (C=O) groups is 1. The van der Waals surface area contributed by atoms with Crippen molar-refractivity contribution >= 4 is 17.3 Å². The first-order valence-corrected chi connectivity index (χ1v) is 7.16. The van der Waals surface area contributed by atoms with Crippen LogP contribution in [0.15, 0.2) is 9.90 Å². The van der Waals surface area contributed by atoms with Gasteiger partial charge in [0.05, 0.1) is 12.8 Å². The second-order valence-electron chi connectivity index (χ2n) is 5.58. The van der Waals surface area contributed by atoms with Crippen molar-refractivity contribution in [1.82, 2.24) is 15.1 Å². The first-order chi connectivity index (χ1) is 9.34. The topological polar surface area (TPSA) is 89.1 Å². The van der Waals surface area contributed by atoms with Crippen molar-refractivity contribution in [3.8, 4) is 0 Å². The molecule has 2 rings (SSSR count). The predicted molar refractivity (Wildman–Crippen MR) is 73.7 cm³/mol. The molecule has 0 saturated carbocycles. The van der Waals surface area contributed by atoms with E-state index >= 15 is 0 Å². The molecule has 0 aliphatic rings. The predicted octanol–water partition coefficient (Wildman–Crippen LogP) is 2.47. The summed E-state index contributed by atoms with van der Waals surface area (Å²) in [4.78, 5) is 19.4. The van der Waals surface area contributed by atoms with Gasteiger partial charge in [-0.2, -0.15) is 4.98 Å². The lowest BCUT2D eigenvalue weighted by Gasteiger charge is -2.19. The second-order valence-corrected chi connectivity index (χ2v) is 6.52. The molecule has 0 unspecified atom stereocenters. The van der Waals surface area contributed by atoms with Crippen LogP contribution < -0.4 is 0 Å². The fourth-order valence-electron chi connectivity index (χ4n) is 1.93. The van der Waals surface area contributed by atoms with E-state index < -0.39 is 11.4 Å². The first kappa shape index (κ1) is 14.6. The molecule has 20 heavy (non-hydrogen) atoms. The average molecular weight is 295 g/mol. The van der Waals surface area contributed by atoms with Crippen molar-refractivity contribution in [2.75, 3.05) is 0 Å². The van der Waals surface area contributed by atoms with Gasteiger partial charge in [0.15, 0.2) is 5.82 Å². The van der Waals surface area contributed by atoms with Crippen LogP contribution in [0.5, 0.6) is 0 Å². The van der Waals surface area contributed by atoms with Crippen LogP contribution in [0.1, 0.15) is 42.7 Å². The summed E-state index contributed by atoms with van der Waals surface area (Å²) in [6.45, 7) is 5.68. The van der Waals surface area contributed by atoms with Gasteiger partial charge in [0.2, 0.25) is 5.89 Å². The molecule has 0 spiro atoms. The maximum atomic E-state index is 10.8. The van der Waals surface area contributed by atoms with Gasteiger partial charge in [0.1, 0.15) is 5.01 Å². The van der Waals surface area contributed by atoms with E-state index in [1.54, 1.807) is 11.3 Å². The van der Waals surface area contributed by atoms with Crippen LogP contribution in [-0.4, -0.2) is 26.2 Å². The Balaban J connectivity index is 2.00. The largest absolute Gasteiger partial charge is 0.481 e. The fraction of sp³-hybridized carbons (Fsp3) is 0.538. The number of aryl methyl sites for hydroxylation is 1. The van der Waals surface area contributed by atoms with Crippen LogP contribution in [-0.2, 0) is 17.6 Å². The molecule has 0 aliphatic heterocycles. The van der Waals surface area contributed by atoms with Gasteiger partial charge in [0.25, 0.3) is 0 Å². The average Bonchev–Trinajstić information content (AvgIpc) is 2.86. The standard InChI is InChI=1S/C13H17N3O3S/c1-8-7-20-11(14-8)4-9-15-10(19-16-9)5-13(2,3)6-12(17)18/h7H,4-6H2,1-3H3,(H,17,18). The van der Waals surface area contributed by atoms with Crippen LogP contribution in [0.4, 0.5) is 0 Å². The molecule has 108 valence electrons. The zero-order chi connectivity index (χ0) is 14.8. The number of rotatable bonds is 6. The number of carboxylic acids is 1. The molecular formula is C13H17N3O3S. The van der Waals surface area contributed by atoms with Crippen LogP contribution in [0.3, 0.4) is 0 Å². The van der Waals surface area contributed by atoms with Gasteiger partial charge in [-0.15, -0.1) is 11.3 Å². The minimum atomic E-state index is -0.826. The third-order valence-corrected chi connectivity index (χ3v) is 3.71. The molecule has 0 radical (unpaired) electrons. The molecule has 0 fully saturated rings. The van der Waals surface area contributed by atoms with Crippen LogP contribution in [0.2, 0.25) is 0 Å². The van der Waals surface area contributed by atoms with Crippen molar-refractivity contribution in [3.63, 3.8) is 0 Å². The fourth-order valence-corrected chi connectivity index (χ4v) is 2.70. The number of thiazole rings is 1. The quantitative estimate of drug-likeness (QED) is 0.880. The Kier molecular flexibility index (Phi) is 4.17. The lowest BCUT2D eigenvalue weighted by Crippen LogP contribution is -2.19. The summed E-state index contributed by atoms with van der Waals surface area (Å²) in [5.41, 5.74) is 0.573. The normalized spacial score (nSPS) is 11.8. The smallest absolute Gasteiger partial charge is 0.303 e.